The molecule has 0 N–H and O–H groups in total. The van der Waals surface area contributed by atoms with Gasteiger partial charge in [0.15, 0.2) is 4.80 Å². The van der Waals surface area contributed by atoms with Crippen molar-refractivity contribution in [3.63, 3.8) is 0 Å². The molecule has 0 bridgehead atoms. The Bertz CT molecular complexity index is 1070. The van der Waals surface area contributed by atoms with Crippen LogP contribution in [0.25, 0.3) is 10.2 Å². The number of aryl methyl sites for hydroxylation is 3. The van der Waals surface area contributed by atoms with E-state index in [1.165, 1.54) is 22.5 Å². The molecule has 2 heterocycles. The Balaban J connectivity index is 2.19. The summed E-state index contributed by atoms with van der Waals surface area (Å²) in [6.45, 7) is 14.5. The van der Waals surface area contributed by atoms with Crippen LogP contribution in [0.1, 0.15) is 47.2 Å². The molecule has 0 atom stereocenters. The summed E-state index contributed by atoms with van der Waals surface area (Å²) in [5, 5.41) is 4.41. The predicted octanol–water partition coefficient (Wildman–Crippen LogP) is 4.33. The van der Waals surface area contributed by atoms with Gasteiger partial charge in [-0.2, -0.15) is 10.1 Å². The van der Waals surface area contributed by atoms with Crippen LogP contribution >= 0.6 is 11.3 Å². The molecule has 0 aliphatic heterocycles. The van der Waals surface area contributed by atoms with E-state index in [2.05, 4.69) is 42.7 Å². The molecule has 5 nitrogen and oxygen atoms in total. The highest BCUT2D eigenvalue weighted by Crippen LogP contribution is 2.22. The highest BCUT2D eigenvalue weighted by atomic mass is 32.1. The Morgan fingerprint density at radius 2 is 1.96 bits per heavy atom. The van der Waals surface area contributed by atoms with E-state index in [-0.39, 0.29) is 11.9 Å². The molecular weight excluding hydrogens is 344 g/mol. The third kappa shape index (κ3) is 3.29. The predicted molar refractivity (Wildman–Crippen MR) is 107 cm³/mol. The number of hydrogen-bond donors (Lipinski definition) is 0. The summed E-state index contributed by atoms with van der Waals surface area (Å²) < 4.78 is 4.90. The van der Waals surface area contributed by atoms with E-state index < -0.39 is 0 Å². The number of nitrogens with zero attached hydrogens (tertiary/aromatic N) is 4. The van der Waals surface area contributed by atoms with Crippen LogP contribution in [0.3, 0.4) is 0 Å². The quantitative estimate of drug-likeness (QED) is 0.644. The van der Waals surface area contributed by atoms with Gasteiger partial charge in [0.2, 0.25) is 0 Å². The Morgan fingerprint density at radius 3 is 2.62 bits per heavy atom. The highest BCUT2D eigenvalue weighted by Gasteiger charge is 2.16. The minimum Gasteiger partial charge on any atom is -0.312 e. The van der Waals surface area contributed by atoms with Gasteiger partial charge in [-0.15, -0.1) is 6.58 Å². The first-order valence-electron chi connectivity index (χ1n) is 8.68. The first kappa shape index (κ1) is 18.3. The van der Waals surface area contributed by atoms with Crippen molar-refractivity contribution in [3.05, 3.63) is 58.2 Å². The zero-order valence-corrected chi connectivity index (χ0v) is 16.7. The van der Waals surface area contributed by atoms with Gasteiger partial charge >= 0.3 is 0 Å². The zero-order valence-electron chi connectivity index (χ0n) is 15.9. The Labute approximate surface area is 157 Å². The number of amides is 1. The molecule has 0 aliphatic carbocycles. The van der Waals surface area contributed by atoms with E-state index in [1.807, 2.05) is 31.4 Å². The van der Waals surface area contributed by atoms with Gasteiger partial charge in [0.1, 0.15) is 5.69 Å². The van der Waals surface area contributed by atoms with Crippen molar-refractivity contribution in [3.8, 4) is 0 Å². The second kappa shape index (κ2) is 7.03. The van der Waals surface area contributed by atoms with Gasteiger partial charge in [-0.25, -0.2) is 0 Å². The summed E-state index contributed by atoms with van der Waals surface area (Å²) >= 11 is 1.53. The molecule has 0 saturated carbocycles. The second-order valence-electron chi connectivity index (χ2n) is 6.81. The van der Waals surface area contributed by atoms with Gasteiger partial charge in [0.25, 0.3) is 5.91 Å². The fourth-order valence-electron chi connectivity index (χ4n) is 2.93. The van der Waals surface area contributed by atoms with Crippen molar-refractivity contribution in [2.75, 3.05) is 0 Å². The number of fused-ring (bicyclic) bond motifs is 1. The first-order chi connectivity index (χ1) is 12.3. The third-order valence-corrected chi connectivity index (χ3v) is 5.41. The topological polar surface area (TPSA) is 52.2 Å². The van der Waals surface area contributed by atoms with E-state index in [0.29, 0.717) is 17.0 Å². The lowest BCUT2D eigenvalue weighted by molar-refractivity contribution is 0.0986. The first-order valence-corrected chi connectivity index (χ1v) is 9.50. The van der Waals surface area contributed by atoms with E-state index in [0.717, 1.165) is 15.9 Å². The largest absolute Gasteiger partial charge is 0.312 e. The standard InChI is InChI=1S/C20H24N4OS/c1-7-8-23-16-9-13(4)14(5)10-18(16)26-20(23)21-19(25)17-11-15(6)22-24(17)12(2)3/h7,9-12H,1,8H2,2-6H3. The summed E-state index contributed by atoms with van der Waals surface area (Å²) in [6.07, 6.45) is 1.83. The summed E-state index contributed by atoms with van der Waals surface area (Å²) in [5.41, 5.74) is 4.87. The molecular formula is C20H24N4OS. The molecule has 0 aliphatic rings. The van der Waals surface area contributed by atoms with Crippen molar-refractivity contribution in [1.82, 2.24) is 14.3 Å². The maximum Gasteiger partial charge on any atom is 0.297 e. The highest BCUT2D eigenvalue weighted by molar-refractivity contribution is 7.16. The summed E-state index contributed by atoms with van der Waals surface area (Å²) in [6, 6.07) is 6.20. The normalized spacial score (nSPS) is 12.3. The summed E-state index contributed by atoms with van der Waals surface area (Å²) in [7, 11) is 0. The van der Waals surface area contributed by atoms with Crippen LogP contribution < -0.4 is 4.80 Å². The Kier molecular flexibility index (Phi) is 4.96. The average molecular weight is 369 g/mol. The molecule has 0 saturated heterocycles. The lowest BCUT2D eigenvalue weighted by Gasteiger charge is -2.08. The number of carbonyl (C=O) groups excluding carboxylic acids is 1. The molecule has 0 unspecified atom stereocenters. The summed E-state index contributed by atoms with van der Waals surface area (Å²) in [5.74, 6) is -0.267. The number of rotatable bonds is 4. The van der Waals surface area contributed by atoms with E-state index in [4.69, 9.17) is 0 Å². The molecule has 2 aromatic heterocycles. The summed E-state index contributed by atoms with van der Waals surface area (Å²) in [4.78, 5) is 18.0. The molecule has 0 radical (unpaired) electrons. The molecule has 3 rings (SSSR count). The average Bonchev–Trinajstić information content (AvgIpc) is 3.10. The van der Waals surface area contributed by atoms with Crippen LogP contribution in [-0.2, 0) is 6.54 Å². The number of thiazole rings is 1. The fourth-order valence-corrected chi connectivity index (χ4v) is 4.04. The van der Waals surface area contributed by atoms with Gasteiger partial charge in [0, 0.05) is 12.6 Å². The number of allylic oxidation sites excluding steroid dienone is 1. The number of benzene rings is 1. The maximum absolute atomic E-state index is 12.9. The third-order valence-electron chi connectivity index (χ3n) is 4.37. The van der Waals surface area contributed by atoms with Gasteiger partial charge in [0.05, 0.1) is 15.9 Å². The van der Waals surface area contributed by atoms with Crippen molar-refractivity contribution in [1.29, 1.82) is 0 Å². The van der Waals surface area contributed by atoms with Crippen LogP contribution in [0.2, 0.25) is 0 Å². The zero-order chi connectivity index (χ0) is 19.0. The fraction of sp³-hybridized carbons (Fsp3) is 0.350. The molecule has 6 heteroatoms. The second-order valence-corrected chi connectivity index (χ2v) is 7.82. The molecule has 3 aromatic rings. The van der Waals surface area contributed by atoms with Crippen molar-refractivity contribution < 1.29 is 4.79 Å². The Hall–Kier alpha value is -2.47. The van der Waals surface area contributed by atoms with Crippen LogP contribution in [0.4, 0.5) is 0 Å². The lowest BCUT2D eigenvalue weighted by Crippen LogP contribution is -2.18. The van der Waals surface area contributed by atoms with Crippen LogP contribution in [-0.4, -0.2) is 20.3 Å². The van der Waals surface area contributed by atoms with Crippen LogP contribution in [0.15, 0.2) is 35.8 Å². The number of hydrogen-bond acceptors (Lipinski definition) is 3. The van der Waals surface area contributed by atoms with Gasteiger partial charge in [-0.1, -0.05) is 17.4 Å². The number of aromatic nitrogens is 3. The molecule has 26 heavy (non-hydrogen) atoms. The minimum absolute atomic E-state index is 0.103. The lowest BCUT2D eigenvalue weighted by atomic mass is 10.1. The van der Waals surface area contributed by atoms with Gasteiger partial charge in [-0.3, -0.25) is 9.48 Å². The SMILES string of the molecule is C=CCn1c(=NC(=O)c2cc(C)nn2C(C)C)sc2cc(C)c(C)cc21. The van der Waals surface area contributed by atoms with Gasteiger partial charge < -0.3 is 4.57 Å². The van der Waals surface area contributed by atoms with Crippen molar-refractivity contribution in [2.45, 2.75) is 47.2 Å². The van der Waals surface area contributed by atoms with Crippen LogP contribution in [0, 0.1) is 20.8 Å². The monoisotopic (exact) mass is 368 g/mol. The molecule has 0 fully saturated rings. The van der Waals surface area contributed by atoms with Gasteiger partial charge in [-0.05, 0) is 63.9 Å². The maximum atomic E-state index is 12.9. The Morgan fingerprint density at radius 1 is 1.27 bits per heavy atom. The molecule has 1 aromatic carbocycles. The minimum atomic E-state index is -0.267. The van der Waals surface area contributed by atoms with E-state index >= 15 is 0 Å². The molecule has 0 spiro atoms. The van der Waals surface area contributed by atoms with Crippen molar-refractivity contribution in [2.24, 2.45) is 4.99 Å². The van der Waals surface area contributed by atoms with E-state index in [1.54, 1.807) is 10.7 Å². The number of carbonyl (C=O) groups is 1. The molecule has 136 valence electrons. The molecule has 1 amide bonds. The van der Waals surface area contributed by atoms with E-state index in [9.17, 15) is 4.79 Å². The van der Waals surface area contributed by atoms with Crippen molar-refractivity contribution >= 4 is 27.5 Å². The smallest absolute Gasteiger partial charge is 0.297 e. The van der Waals surface area contributed by atoms with Crippen LogP contribution in [0.5, 0.6) is 0 Å².